The topological polar surface area (TPSA) is 102 Å². The second kappa shape index (κ2) is 8.97. The number of nitrogens with zero attached hydrogens (tertiary/aromatic N) is 5. The standard InChI is InChI=1S/C22H26N6O3S/c29-32(30,27-11-13-31-14-12-27)19-8-9-20(23-16-19)24-18-6-4-5-17(15-18)22-26-25-21-7-2-1-3-10-28(21)22/h4-6,8-9,15-16H,1-3,7,10-14H2,(H,23,24). The molecule has 4 heterocycles. The van der Waals surface area contributed by atoms with Crippen molar-refractivity contribution < 1.29 is 13.2 Å². The molecule has 1 aromatic carbocycles. The minimum atomic E-state index is -3.55. The maximum absolute atomic E-state index is 12.8. The van der Waals surface area contributed by atoms with Crippen LogP contribution in [0.2, 0.25) is 0 Å². The van der Waals surface area contributed by atoms with Gasteiger partial charge in [0.15, 0.2) is 5.82 Å². The monoisotopic (exact) mass is 454 g/mol. The van der Waals surface area contributed by atoms with E-state index >= 15 is 0 Å². The summed E-state index contributed by atoms with van der Waals surface area (Å²) in [4.78, 5) is 4.51. The molecule has 0 atom stereocenters. The highest BCUT2D eigenvalue weighted by atomic mass is 32.2. The highest BCUT2D eigenvalue weighted by Gasteiger charge is 2.26. The van der Waals surface area contributed by atoms with E-state index in [1.165, 1.54) is 16.9 Å². The van der Waals surface area contributed by atoms with E-state index in [0.717, 1.165) is 48.7 Å². The maximum atomic E-state index is 12.8. The molecule has 0 aliphatic carbocycles. The van der Waals surface area contributed by atoms with Gasteiger partial charge in [-0.2, -0.15) is 4.31 Å². The van der Waals surface area contributed by atoms with Gasteiger partial charge in [0.25, 0.3) is 0 Å². The van der Waals surface area contributed by atoms with Crippen molar-refractivity contribution >= 4 is 21.5 Å². The summed E-state index contributed by atoms with van der Waals surface area (Å²) in [5.41, 5.74) is 1.84. The highest BCUT2D eigenvalue weighted by Crippen LogP contribution is 2.26. The molecule has 10 heteroatoms. The van der Waals surface area contributed by atoms with E-state index in [4.69, 9.17) is 4.74 Å². The summed E-state index contributed by atoms with van der Waals surface area (Å²) in [5.74, 6) is 2.50. The van der Waals surface area contributed by atoms with Gasteiger partial charge in [-0.05, 0) is 37.1 Å². The number of sulfonamides is 1. The van der Waals surface area contributed by atoms with Gasteiger partial charge >= 0.3 is 0 Å². The number of fused-ring (bicyclic) bond motifs is 1. The Morgan fingerprint density at radius 1 is 0.969 bits per heavy atom. The Hall–Kier alpha value is -2.82. The van der Waals surface area contributed by atoms with Crippen LogP contribution < -0.4 is 5.32 Å². The minimum absolute atomic E-state index is 0.185. The summed E-state index contributed by atoms with van der Waals surface area (Å²) in [6.07, 6.45) is 5.87. The molecule has 1 saturated heterocycles. The van der Waals surface area contributed by atoms with E-state index in [1.54, 1.807) is 12.1 Å². The molecule has 0 amide bonds. The predicted molar refractivity (Wildman–Crippen MR) is 120 cm³/mol. The number of rotatable bonds is 5. The third-order valence-corrected chi connectivity index (χ3v) is 7.73. The first-order valence-corrected chi connectivity index (χ1v) is 12.4. The van der Waals surface area contributed by atoms with Gasteiger partial charge < -0.3 is 14.6 Å². The van der Waals surface area contributed by atoms with Gasteiger partial charge in [0, 0.05) is 43.5 Å². The minimum Gasteiger partial charge on any atom is -0.379 e. The van der Waals surface area contributed by atoms with E-state index in [1.807, 2.05) is 24.3 Å². The number of hydrogen-bond donors (Lipinski definition) is 1. The number of nitrogens with one attached hydrogen (secondary N) is 1. The zero-order valence-electron chi connectivity index (χ0n) is 17.8. The first kappa shape index (κ1) is 21.0. The average Bonchev–Trinajstić information content (AvgIpc) is 3.08. The Labute approximate surface area is 187 Å². The van der Waals surface area contributed by atoms with Gasteiger partial charge in [0.05, 0.1) is 13.2 Å². The predicted octanol–water partition coefficient (Wildman–Crippen LogP) is 2.83. The van der Waals surface area contributed by atoms with Gasteiger partial charge in [0.2, 0.25) is 10.0 Å². The Balaban J connectivity index is 1.34. The molecule has 2 aliphatic heterocycles. The summed E-state index contributed by atoms with van der Waals surface area (Å²) in [5, 5.41) is 12.1. The number of pyridine rings is 1. The average molecular weight is 455 g/mol. The normalized spacial score (nSPS) is 17.5. The summed E-state index contributed by atoms with van der Waals surface area (Å²) >= 11 is 0. The van der Waals surface area contributed by atoms with Crippen molar-refractivity contribution in [3.05, 3.63) is 48.4 Å². The second-order valence-corrected chi connectivity index (χ2v) is 9.94. The molecule has 168 valence electrons. The number of anilines is 2. The number of aryl methyl sites for hydroxylation is 1. The van der Waals surface area contributed by atoms with Crippen LogP contribution in [-0.2, 0) is 27.7 Å². The van der Waals surface area contributed by atoms with Crippen molar-refractivity contribution in [2.45, 2.75) is 37.1 Å². The lowest BCUT2D eigenvalue weighted by Gasteiger charge is -2.25. The van der Waals surface area contributed by atoms with Crippen molar-refractivity contribution in [2.24, 2.45) is 0 Å². The second-order valence-electron chi connectivity index (χ2n) is 8.00. The first-order valence-electron chi connectivity index (χ1n) is 10.9. The number of morpholine rings is 1. The third-order valence-electron chi connectivity index (χ3n) is 5.85. The summed E-state index contributed by atoms with van der Waals surface area (Å²) in [6, 6.07) is 11.2. The molecule has 0 bridgehead atoms. The zero-order valence-corrected chi connectivity index (χ0v) is 18.6. The maximum Gasteiger partial charge on any atom is 0.244 e. The lowest BCUT2D eigenvalue weighted by Crippen LogP contribution is -2.40. The van der Waals surface area contributed by atoms with Crippen LogP contribution >= 0.6 is 0 Å². The fourth-order valence-electron chi connectivity index (χ4n) is 4.13. The van der Waals surface area contributed by atoms with Crippen molar-refractivity contribution in [3.8, 4) is 11.4 Å². The fraction of sp³-hybridized carbons (Fsp3) is 0.409. The number of hydrogen-bond acceptors (Lipinski definition) is 7. The molecule has 0 radical (unpaired) electrons. The van der Waals surface area contributed by atoms with Gasteiger partial charge in [-0.15, -0.1) is 10.2 Å². The van der Waals surface area contributed by atoms with Crippen molar-refractivity contribution in [1.29, 1.82) is 0 Å². The first-order chi connectivity index (χ1) is 15.6. The molecule has 0 saturated carbocycles. The Bertz CT molecular complexity index is 1190. The van der Waals surface area contributed by atoms with Crippen LogP contribution in [0.1, 0.15) is 25.1 Å². The van der Waals surface area contributed by atoms with Crippen LogP contribution in [0.5, 0.6) is 0 Å². The van der Waals surface area contributed by atoms with Crippen LogP contribution in [0.15, 0.2) is 47.5 Å². The molecule has 0 unspecified atom stereocenters. The molecule has 2 aromatic heterocycles. The van der Waals surface area contributed by atoms with Crippen LogP contribution in [0.3, 0.4) is 0 Å². The quantitative estimate of drug-likeness (QED) is 0.632. The molecular weight excluding hydrogens is 428 g/mol. The summed E-state index contributed by atoms with van der Waals surface area (Å²) in [7, 11) is -3.55. The molecule has 1 fully saturated rings. The summed E-state index contributed by atoms with van der Waals surface area (Å²) < 4.78 is 34.4. The van der Waals surface area contributed by atoms with Gasteiger partial charge in [0.1, 0.15) is 16.5 Å². The molecular formula is C22H26N6O3S. The Kier molecular flexibility index (Phi) is 5.90. The highest BCUT2D eigenvalue weighted by molar-refractivity contribution is 7.89. The lowest BCUT2D eigenvalue weighted by molar-refractivity contribution is 0.0730. The van der Waals surface area contributed by atoms with Crippen molar-refractivity contribution in [2.75, 3.05) is 31.6 Å². The number of benzene rings is 1. The molecule has 32 heavy (non-hydrogen) atoms. The SMILES string of the molecule is O=S(=O)(c1ccc(Nc2cccc(-c3nnc4n3CCCCC4)c2)nc1)N1CCOCC1. The molecule has 3 aromatic rings. The smallest absolute Gasteiger partial charge is 0.244 e. The molecule has 9 nitrogen and oxygen atoms in total. The molecule has 2 aliphatic rings. The molecule has 0 spiro atoms. The summed E-state index contributed by atoms with van der Waals surface area (Å²) in [6.45, 7) is 2.49. The van der Waals surface area contributed by atoms with E-state index < -0.39 is 10.0 Å². The van der Waals surface area contributed by atoms with Crippen LogP contribution in [0, 0.1) is 0 Å². The van der Waals surface area contributed by atoms with E-state index in [9.17, 15) is 8.42 Å². The Morgan fingerprint density at radius 3 is 2.66 bits per heavy atom. The number of aromatic nitrogens is 4. The van der Waals surface area contributed by atoms with E-state index in [0.29, 0.717) is 32.1 Å². The van der Waals surface area contributed by atoms with E-state index in [-0.39, 0.29) is 4.90 Å². The van der Waals surface area contributed by atoms with Gasteiger partial charge in [-0.3, -0.25) is 0 Å². The third kappa shape index (κ3) is 4.25. The van der Waals surface area contributed by atoms with Gasteiger partial charge in [-0.25, -0.2) is 13.4 Å². The van der Waals surface area contributed by atoms with Crippen LogP contribution in [-0.4, -0.2) is 58.8 Å². The zero-order chi connectivity index (χ0) is 22.0. The lowest BCUT2D eigenvalue weighted by atomic mass is 10.2. The number of ether oxygens (including phenoxy) is 1. The van der Waals surface area contributed by atoms with E-state index in [2.05, 4.69) is 25.1 Å². The van der Waals surface area contributed by atoms with Gasteiger partial charge in [-0.1, -0.05) is 18.6 Å². The fourth-order valence-corrected chi connectivity index (χ4v) is 5.48. The largest absolute Gasteiger partial charge is 0.379 e. The van der Waals surface area contributed by atoms with Crippen molar-refractivity contribution in [1.82, 2.24) is 24.1 Å². The molecule has 1 N–H and O–H groups in total. The van der Waals surface area contributed by atoms with Crippen LogP contribution in [0.25, 0.3) is 11.4 Å². The Morgan fingerprint density at radius 2 is 1.84 bits per heavy atom. The van der Waals surface area contributed by atoms with Crippen LogP contribution in [0.4, 0.5) is 11.5 Å². The van der Waals surface area contributed by atoms with Crippen molar-refractivity contribution in [3.63, 3.8) is 0 Å². The molecule has 5 rings (SSSR count).